The van der Waals surface area contributed by atoms with E-state index in [2.05, 4.69) is 10.1 Å². The summed E-state index contributed by atoms with van der Waals surface area (Å²) < 4.78 is 1.68. The normalized spacial score (nSPS) is 20.4. The molecule has 0 amide bonds. The molecule has 0 radical (unpaired) electrons. The molecule has 0 bridgehead atoms. The van der Waals surface area contributed by atoms with Crippen LogP contribution in [0.1, 0.15) is 18.5 Å². The van der Waals surface area contributed by atoms with Crippen LogP contribution in [-0.4, -0.2) is 33.8 Å². The number of likely N-dealkylation sites (N-methyl/N-ethyl adjacent to an activating group) is 1. The molecule has 1 aliphatic heterocycles. The Hall–Kier alpha value is -1.65. The number of carbonyl (C=O) groups excluding carboxylic acids is 1. The molecule has 0 aromatic carbocycles. The van der Waals surface area contributed by atoms with Gasteiger partial charge in [-0.2, -0.15) is 5.10 Å². The molecular weight excluding hydrogens is 180 g/mol. The highest BCUT2D eigenvalue weighted by Crippen LogP contribution is 2.31. The van der Waals surface area contributed by atoms with Gasteiger partial charge in [0, 0.05) is 19.7 Å². The van der Waals surface area contributed by atoms with Gasteiger partial charge in [-0.15, -0.1) is 0 Å². The van der Waals surface area contributed by atoms with Crippen LogP contribution >= 0.6 is 0 Å². The molecule has 1 atom stereocenters. The second-order valence-corrected chi connectivity index (χ2v) is 3.40. The fraction of sp³-hybridized carbons (Fsp3) is 0.444. The highest BCUT2D eigenvalue weighted by atomic mass is 16.1. The lowest BCUT2D eigenvalue weighted by atomic mass is 10.1. The van der Waals surface area contributed by atoms with E-state index in [0.717, 1.165) is 23.5 Å². The Morgan fingerprint density at radius 2 is 2.21 bits per heavy atom. The largest absolute Gasteiger partial charge is 0.349 e. The van der Waals surface area contributed by atoms with E-state index in [0.29, 0.717) is 0 Å². The number of aliphatic imine (C=N–C) groups is 1. The highest BCUT2D eigenvalue weighted by Gasteiger charge is 2.27. The quantitative estimate of drug-likeness (QED) is 0.614. The molecule has 0 spiro atoms. The lowest BCUT2D eigenvalue weighted by Crippen LogP contribution is -2.32. The number of hydrogen-bond donors (Lipinski definition) is 0. The molecule has 1 aliphatic rings. The van der Waals surface area contributed by atoms with Gasteiger partial charge in [0.2, 0.25) is 0 Å². The van der Waals surface area contributed by atoms with Crippen LogP contribution in [0, 0.1) is 0 Å². The van der Waals surface area contributed by atoms with Gasteiger partial charge in [0.15, 0.2) is 5.82 Å². The number of nitrogens with zero attached hydrogens (tertiary/aromatic N) is 4. The number of aromatic nitrogens is 2. The Labute approximate surface area is 82.0 Å². The van der Waals surface area contributed by atoms with Crippen molar-refractivity contribution in [3.05, 3.63) is 11.8 Å². The fourth-order valence-corrected chi connectivity index (χ4v) is 1.60. The molecule has 14 heavy (non-hydrogen) atoms. The molecule has 1 aromatic rings. The third kappa shape index (κ3) is 1.05. The van der Waals surface area contributed by atoms with Gasteiger partial charge in [0.25, 0.3) is 0 Å². The van der Waals surface area contributed by atoms with Gasteiger partial charge in [0.1, 0.15) is 18.2 Å². The molecule has 2 rings (SSSR count). The standard InChI is InChI=1S/C9H12N4O/c1-6-11-9-7(4-10-13(9)3)8(5-14)12(6)2/h4-5,8H,1-3H3. The van der Waals surface area contributed by atoms with E-state index in [1.165, 1.54) is 0 Å². The number of carbonyl (C=O) groups is 1. The van der Waals surface area contributed by atoms with Gasteiger partial charge in [-0.1, -0.05) is 0 Å². The molecule has 0 aliphatic carbocycles. The minimum Gasteiger partial charge on any atom is -0.349 e. The Morgan fingerprint density at radius 3 is 2.86 bits per heavy atom. The second-order valence-electron chi connectivity index (χ2n) is 3.40. The molecule has 0 fully saturated rings. The zero-order chi connectivity index (χ0) is 10.3. The van der Waals surface area contributed by atoms with Crippen LogP contribution in [0.25, 0.3) is 0 Å². The minimum absolute atomic E-state index is 0.254. The summed E-state index contributed by atoms with van der Waals surface area (Å²) in [7, 11) is 3.68. The van der Waals surface area contributed by atoms with Crippen LogP contribution < -0.4 is 0 Å². The molecule has 74 valence electrons. The highest BCUT2D eigenvalue weighted by molar-refractivity contribution is 5.88. The van der Waals surface area contributed by atoms with E-state index in [9.17, 15) is 4.79 Å². The maximum absolute atomic E-state index is 11.0. The molecule has 0 saturated carbocycles. The number of aryl methyl sites for hydroxylation is 1. The van der Waals surface area contributed by atoms with Crippen molar-refractivity contribution < 1.29 is 4.79 Å². The Morgan fingerprint density at radius 1 is 1.50 bits per heavy atom. The molecule has 2 heterocycles. The average Bonchev–Trinajstić information content (AvgIpc) is 2.51. The van der Waals surface area contributed by atoms with Crippen molar-refractivity contribution in [3.8, 4) is 0 Å². The van der Waals surface area contributed by atoms with E-state index < -0.39 is 0 Å². The summed E-state index contributed by atoms with van der Waals surface area (Å²) >= 11 is 0. The summed E-state index contributed by atoms with van der Waals surface area (Å²) in [5.41, 5.74) is 0.871. The summed E-state index contributed by atoms with van der Waals surface area (Å²) in [6.45, 7) is 1.88. The summed E-state index contributed by atoms with van der Waals surface area (Å²) in [6, 6.07) is -0.254. The van der Waals surface area contributed by atoms with Crippen molar-refractivity contribution in [2.75, 3.05) is 7.05 Å². The van der Waals surface area contributed by atoms with Crippen LogP contribution in [0.15, 0.2) is 11.2 Å². The van der Waals surface area contributed by atoms with Crippen molar-refractivity contribution in [3.63, 3.8) is 0 Å². The second kappa shape index (κ2) is 2.94. The number of rotatable bonds is 1. The maximum Gasteiger partial charge on any atom is 0.157 e. The van der Waals surface area contributed by atoms with Gasteiger partial charge in [0.05, 0.1) is 6.20 Å². The van der Waals surface area contributed by atoms with Crippen LogP contribution in [0.3, 0.4) is 0 Å². The molecule has 0 N–H and O–H groups in total. The molecule has 5 heteroatoms. The summed E-state index contributed by atoms with van der Waals surface area (Å²) in [6.07, 6.45) is 2.61. The summed E-state index contributed by atoms with van der Waals surface area (Å²) in [5.74, 6) is 1.61. The first-order chi connectivity index (χ1) is 6.65. The first kappa shape index (κ1) is 8.93. The molecular formula is C9H12N4O. The maximum atomic E-state index is 11.0. The monoisotopic (exact) mass is 192 g/mol. The van der Waals surface area contributed by atoms with Crippen molar-refractivity contribution >= 4 is 17.9 Å². The zero-order valence-corrected chi connectivity index (χ0v) is 8.43. The van der Waals surface area contributed by atoms with E-state index in [1.54, 1.807) is 10.9 Å². The van der Waals surface area contributed by atoms with Gasteiger partial charge >= 0.3 is 0 Å². The van der Waals surface area contributed by atoms with Crippen molar-refractivity contribution in [2.45, 2.75) is 13.0 Å². The molecule has 0 saturated heterocycles. The number of amidine groups is 1. The van der Waals surface area contributed by atoms with Crippen LogP contribution in [0.4, 0.5) is 5.82 Å². The number of aldehydes is 1. The van der Waals surface area contributed by atoms with E-state index >= 15 is 0 Å². The van der Waals surface area contributed by atoms with Gasteiger partial charge in [-0.25, -0.2) is 4.99 Å². The third-order valence-corrected chi connectivity index (χ3v) is 2.58. The molecule has 1 aromatic heterocycles. The van der Waals surface area contributed by atoms with Gasteiger partial charge < -0.3 is 9.69 Å². The smallest absolute Gasteiger partial charge is 0.157 e. The predicted molar refractivity (Wildman–Crippen MR) is 52.5 cm³/mol. The first-order valence-electron chi connectivity index (χ1n) is 4.40. The summed E-state index contributed by atoms with van der Waals surface area (Å²) in [4.78, 5) is 17.2. The van der Waals surface area contributed by atoms with Gasteiger partial charge in [-0.05, 0) is 6.92 Å². The van der Waals surface area contributed by atoms with Crippen LogP contribution in [-0.2, 0) is 11.8 Å². The number of fused-ring (bicyclic) bond motifs is 1. The average molecular weight is 192 g/mol. The first-order valence-corrected chi connectivity index (χ1v) is 4.40. The van der Waals surface area contributed by atoms with Crippen molar-refractivity contribution in [2.24, 2.45) is 12.0 Å². The van der Waals surface area contributed by atoms with Crippen molar-refractivity contribution in [1.29, 1.82) is 0 Å². The third-order valence-electron chi connectivity index (χ3n) is 2.58. The Balaban J connectivity index is 2.60. The molecule has 5 nitrogen and oxygen atoms in total. The van der Waals surface area contributed by atoms with Crippen molar-refractivity contribution in [1.82, 2.24) is 14.7 Å². The molecule has 1 unspecified atom stereocenters. The predicted octanol–water partition coefficient (Wildman–Crippen LogP) is 0.655. The number of hydrogen-bond acceptors (Lipinski definition) is 4. The lowest BCUT2D eigenvalue weighted by Gasteiger charge is -2.28. The fourth-order valence-electron chi connectivity index (χ4n) is 1.60. The van der Waals surface area contributed by atoms with Crippen LogP contribution in [0.2, 0.25) is 0 Å². The van der Waals surface area contributed by atoms with E-state index in [4.69, 9.17) is 0 Å². The topological polar surface area (TPSA) is 50.5 Å². The SMILES string of the molecule is CC1=Nc2c(cnn2C)C(C=O)N1C. The lowest BCUT2D eigenvalue weighted by molar-refractivity contribution is -0.111. The van der Waals surface area contributed by atoms with E-state index in [-0.39, 0.29) is 6.04 Å². The zero-order valence-electron chi connectivity index (χ0n) is 8.43. The minimum atomic E-state index is -0.254. The van der Waals surface area contributed by atoms with Gasteiger partial charge in [-0.3, -0.25) is 4.68 Å². The summed E-state index contributed by atoms with van der Waals surface area (Å²) in [5, 5.41) is 4.09. The van der Waals surface area contributed by atoms with E-state index in [1.807, 2.05) is 25.9 Å². The Kier molecular flexibility index (Phi) is 1.87. The Bertz CT molecular complexity index is 407. The van der Waals surface area contributed by atoms with Crippen LogP contribution in [0.5, 0.6) is 0 Å².